The molecule has 12 heavy (non-hydrogen) atoms. The van der Waals surface area contributed by atoms with Crippen molar-refractivity contribution in [3.05, 3.63) is 0 Å². The minimum Gasteiger partial charge on any atom is -0.461 e. The molecule has 0 aromatic heterocycles. The summed E-state index contributed by atoms with van der Waals surface area (Å²) in [5.41, 5.74) is 0. The fourth-order valence-electron chi connectivity index (χ4n) is 1.44. The fourth-order valence-corrected chi connectivity index (χ4v) is 1.44. The summed E-state index contributed by atoms with van der Waals surface area (Å²) in [6.07, 6.45) is -0.385. The van der Waals surface area contributed by atoms with Gasteiger partial charge in [-0.15, -0.1) is 0 Å². The van der Waals surface area contributed by atoms with Crippen LogP contribution in [-0.4, -0.2) is 48.3 Å². The summed E-state index contributed by atoms with van der Waals surface area (Å²) < 4.78 is 4.86. The molecule has 0 bridgehead atoms. The van der Waals surface area contributed by atoms with E-state index in [1.54, 1.807) is 0 Å². The van der Waals surface area contributed by atoms with Crippen LogP contribution in [0.3, 0.4) is 0 Å². The third kappa shape index (κ3) is 1.76. The molecule has 1 heterocycles. The van der Waals surface area contributed by atoms with E-state index in [4.69, 9.17) is 4.74 Å². The minimum atomic E-state index is -0.990. The van der Waals surface area contributed by atoms with Gasteiger partial charge in [0, 0.05) is 12.5 Å². The van der Waals surface area contributed by atoms with Gasteiger partial charge in [-0.3, -0.25) is 0 Å². The molecule has 1 N–H and O–H groups in total. The summed E-state index contributed by atoms with van der Waals surface area (Å²) in [5.74, 6) is -0.507. The molecule has 3 atom stereocenters. The number of cyclic esters (lactones) is 1. The molecule has 1 fully saturated rings. The summed E-state index contributed by atoms with van der Waals surface area (Å²) in [5, 5.41) is 9.41. The van der Waals surface area contributed by atoms with E-state index in [0.717, 1.165) is 0 Å². The molecule has 0 aliphatic carbocycles. The molecule has 0 saturated carbocycles. The highest BCUT2D eigenvalue weighted by Crippen LogP contribution is 2.18. The topological polar surface area (TPSA) is 49.8 Å². The molecule has 4 heteroatoms. The highest BCUT2D eigenvalue weighted by atomic mass is 16.6. The van der Waals surface area contributed by atoms with Gasteiger partial charge in [0.2, 0.25) is 0 Å². The Morgan fingerprint density at radius 2 is 2.17 bits per heavy atom. The number of aliphatic hydroxyl groups is 1. The Morgan fingerprint density at radius 1 is 1.58 bits per heavy atom. The number of rotatable bonds is 1. The van der Waals surface area contributed by atoms with Crippen LogP contribution in [0.4, 0.5) is 0 Å². The minimum absolute atomic E-state index is 0.0895. The maximum absolute atomic E-state index is 11.0. The number of nitrogens with zero attached hydrogens (tertiary/aromatic N) is 1. The van der Waals surface area contributed by atoms with Gasteiger partial charge in [0.25, 0.3) is 0 Å². The van der Waals surface area contributed by atoms with Gasteiger partial charge in [-0.1, -0.05) is 0 Å². The lowest BCUT2D eigenvalue weighted by Gasteiger charge is -2.34. The van der Waals surface area contributed by atoms with E-state index in [2.05, 4.69) is 0 Å². The quantitative estimate of drug-likeness (QED) is 0.549. The van der Waals surface area contributed by atoms with E-state index in [1.807, 2.05) is 25.9 Å². The zero-order valence-electron chi connectivity index (χ0n) is 7.65. The third-order valence-corrected chi connectivity index (χ3v) is 2.16. The molecule has 0 aromatic rings. The Hall–Kier alpha value is -0.610. The van der Waals surface area contributed by atoms with Gasteiger partial charge >= 0.3 is 5.97 Å². The Kier molecular flexibility index (Phi) is 2.69. The average Bonchev–Trinajstić information content (AvgIpc) is 1.96. The van der Waals surface area contributed by atoms with Gasteiger partial charge in [-0.05, 0) is 21.0 Å². The molecule has 70 valence electrons. The Morgan fingerprint density at radius 3 is 2.67 bits per heavy atom. The molecule has 0 radical (unpaired) electrons. The van der Waals surface area contributed by atoms with Crippen LogP contribution in [0.25, 0.3) is 0 Å². The normalized spacial score (nSPS) is 36.8. The summed E-state index contributed by atoms with van der Waals surface area (Å²) in [6.45, 7) is 1.83. The van der Waals surface area contributed by atoms with Crippen molar-refractivity contribution in [3.63, 3.8) is 0 Å². The van der Waals surface area contributed by atoms with Gasteiger partial charge in [0.05, 0.1) is 0 Å². The number of aliphatic hydroxyl groups excluding tert-OH is 1. The Balaban J connectivity index is 2.66. The largest absolute Gasteiger partial charge is 0.461 e. The predicted molar refractivity (Wildman–Crippen MR) is 43.7 cm³/mol. The molecule has 4 nitrogen and oxygen atoms in total. The molecule has 0 aromatic carbocycles. The van der Waals surface area contributed by atoms with Crippen molar-refractivity contribution in [1.29, 1.82) is 0 Å². The van der Waals surface area contributed by atoms with Crippen LogP contribution < -0.4 is 0 Å². The van der Waals surface area contributed by atoms with E-state index in [9.17, 15) is 9.90 Å². The molecule has 1 aliphatic heterocycles. The number of ether oxygens (including phenoxy) is 1. The molecule has 0 spiro atoms. The van der Waals surface area contributed by atoms with Crippen LogP contribution in [-0.2, 0) is 9.53 Å². The number of hydrogen-bond acceptors (Lipinski definition) is 4. The predicted octanol–water partition coefficient (Wildman–Crippen LogP) is -0.387. The van der Waals surface area contributed by atoms with Gasteiger partial charge in [-0.2, -0.15) is 0 Å². The Bertz CT molecular complexity index is 181. The standard InChI is InChI=1S/C8H15NO3/c1-5-4-6(9(2)3)7(10)8(11)12-5/h5-7,10H,4H2,1-3H3. The average molecular weight is 173 g/mol. The van der Waals surface area contributed by atoms with Gasteiger partial charge < -0.3 is 14.7 Å². The first-order chi connectivity index (χ1) is 5.52. The second-order valence-electron chi connectivity index (χ2n) is 3.46. The summed E-state index contributed by atoms with van der Waals surface area (Å²) in [6, 6.07) is -0.110. The SMILES string of the molecule is CC1CC(N(C)C)C(O)C(=O)O1. The van der Waals surface area contributed by atoms with Crippen molar-refractivity contribution in [2.24, 2.45) is 0 Å². The maximum Gasteiger partial charge on any atom is 0.336 e. The van der Waals surface area contributed by atoms with Gasteiger partial charge in [0.1, 0.15) is 6.10 Å². The van der Waals surface area contributed by atoms with Gasteiger partial charge in [0.15, 0.2) is 6.10 Å². The fraction of sp³-hybridized carbons (Fsp3) is 0.875. The smallest absolute Gasteiger partial charge is 0.336 e. The van der Waals surface area contributed by atoms with Crippen LogP contribution in [0.1, 0.15) is 13.3 Å². The number of likely N-dealkylation sites (N-methyl/N-ethyl adjacent to an activating group) is 1. The Labute approximate surface area is 72.1 Å². The van der Waals surface area contributed by atoms with Crippen LogP contribution in [0, 0.1) is 0 Å². The molecular weight excluding hydrogens is 158 g/mol. The first-order valence-corrected chi connectivity index (χ1v) is 4.07. The van der Waals surface area contributed by atoms with Crippen molar-refractivity contribution in [2.45, 2.75) is 31.6 Å². The highest BCUT2D eigenvalue weighted by Gasteiger charge is 2.36. The molecule has 1 rings (SSSR count). The van der Waals surface area contributed by atoms with Crippen LogP contribution >= 0.6 is 0 Å². The van der Waals surface area contributed by atoms with E-state index in [1.165, 1.54) is 0 Å². The maximum atomic E-state index is 11.0. The van der Waals surface area contributed by atoms with Crippen LogP contribution in [0.15, 0.2) is 0 Å². The molecule has 0 amide bonds. The van der Waals surface area contributed by atoms with Crippen molar-refractivity contribution < 1.29 is 14.6 Å². The first-order valence-electron chi connectivity index (χ1n) is 4.07. The summed E-state index contributed by atoms with van der Waals surface area (Å²) in [7, 11) is 3.69. The molecule has 1 saturated heterocycles. The second-order valence-corrected chi connectivity index (χ2v) is 3.46. The van der Waals surface area contributed by atoms with Crippen molar-refractivity contribution in [1.82, 2.24) is 4.90 Å². The molecule has 1 aliphatic rings. The lowest BCUT2D eigenvalue weighted by Crippen LogP contribution is -2.50. The van der Waals surface area contributed by atoms with Crippen molar-refractivity contribution in [3.8, 4) is 0 Å². The number of esters is 1. The lowest BCUT2D eigenvalue weighted by atomic mass is 10.0. The van der Waals surface area contributed by atoms with E-state index in [0.29, 0.717) is 6.42 Å². The van der Waals surface area contributed by atoms with Crippen molar-refractivity contribution in [2.75, 3.05) is 14.1 Å². The van der Waals surface area contributed by atoms with Crippen LogP contribution in [0.5, 0.6) is 0 Å². The van der Waals surface area contributed by atoms with Crippen LogP contribution in [0.2, 0.25) is 0 Å². The zero-order valence-corrected chi connectivity index (χ0v) is 7.65. The number of hydrogen-bond donors (Lipinski definition) is 1. The lowest BCUT2D eigenvalue weighted by molar-refractivity contribution is -0.171. The van der Waals surface area contributed by atoms with E-state index < -0.39 is 12.1 Å². The third-order valence-electron chi connectivity index (χ3n) is 2.16. The molecular formula is C8H15NO3. The number of carbonyl (C=O) groups is 1. The van der Waals surface area contributed by atoms with Crippen molar-refractivity contribution >= 4 is 5.97 Å². The number of carbonyl (C=O) groups excluding carboxylic acids is 1. The van der Waals surface area contributed by atoms with E-state index >= 15 is 0 Å². The molecule has 3 unspecified atom stereocenters. The van der Waals surface area contributed by atoms with Gasteiger partial charge in [-0.25, -0.2) is 4.79 Å². The summed E-state index contributed by atoms with van der Waals surface area (Å²) in [4.78, 5) is 12.9. The first kappa shape index (κ1) is 9.48. The summed E-state index contributed by atoms with van der Waals surface area (Å²) >= 11 is 0. The van der Waals surface area contributed by atoms with E-state index in [-0.39, 0.29) is 12.1 Å². The monoisotopic (exact) mass is 173 g/mol. The highest BCUT2D eigenvalue weighted by molar-refractivity contribution is 5.76. The second kappa shape index (κ2) is 3.41. The zero-order chi connectivity index (χ0) is 9.30.